The first kappa shape index (κ1) is 21.6. The van der Waals surface area contributed by atoms with Crippen molar-refractivity contribution >= 4 is 17.3 Å². The number of nitriles is 1. The topological polar surface area (TPSA) is 116 Å². The van der Waals surface area contributed by atoms with Crippen LogP contribution in [0.2, 0.25) is 0 Å². The number of nitrogens with one attached hydrogen (secondary N) is 4. The normalized spacial score (nSPS) is 15.0. The van der Waals surface area contributed by atoms with E-state index in [1.54, 1.807) is 24.3 Å². The van der Waals surface area contributed by atoms with E-state index in [4.69, 9.17) is 16.4 Å². The van der Waals surface area contributed by atoms with E-state index >= 15 is 0 Å². The van der Waals surface area contributed by atoms with Crippen LogP contribution in [0.1, 0.15) is 43.7 Å². The van der Waals surface area contributed by atoms with E-state index in [0.717, 1.165) is 18.8 Å². The van der Waals surface area contributed by atoms with Gasteiger partial charge in [0.05, 0.1) is 23.0 Å². The molecular formula is C22H30N8. The number of nitrogens with zero attached hydrogens (tertiary/aromatic N) is 3. The fraction of sp³-hybridized carbons (Fsp3) is 0.364. The number of hydrogen-bond donors (Lipinski definition) is 5. The number of benzene rings is 2. The smallest absolute Gasteiger partial charge is 0.209 e. The van der Waals surface area contributed by atoms with Gasteiger partial charge >= 0.3 is 0 Å². The van der Waals surface area contributed by atoms with E-state index in [1.807, 2.05) is 12.1 Å². The van der Waals surface area contributed by atoms with Crippen molar-refractivity contribution in [2.45, 2.75) is 38.6 Å². The second kappa shape index (κ2) is 10.1. The molecular weight excluding hydrogens is 376 g/mol. The van der Waals surface area contributed by atoms with Gasteiger partial charge in [0.1, 0.15) is 0 Å². The van der Waals surface area contributed by atoms with Crippen molar-refractivity contribution in [1.29, 1.82) is 10.7 Å². The number of nitrogens with two attached hydrogens (primary N) is 1. The van der Waals surface area contributed by atoms with Gasteiger partial charge in [-0.15, -0.1) is 5.53 Å². The number of anilines is 2. The Balaban J connectivity index is 1.51. The van der Waals surface area contributed by atoms with Gasteiger partial charge in [0, 0.05) is 6.04 Å². The second-order valence-electron chi connectivity index (χ2n) is 7.77. The van der Waals surface area contributed by atoms with Crippen LogP contribution in [0.5, 0.6) is 0 Å². The predicted molar refractivity (Wildman–Crippen MR) is 121 cm³/mol. The molecule has 0 saturated carbocycles. The summed E-state index contributed by atoms with van der Waals surface area (Å²) < 4.78 is 0. The van der Waals surface area contributed by atoms with Crippen LogP contribution in [-0.4, -0.2) is 30.0 Å². The molecule has 0 spiro atoms. The summed E-state index contributed by atoms with van der Waals surface area (Å²) in [5, 5.41) is 18.0. The molecule has 30 heavy (non-hydrogen) atoms. The molecule has 2 aromatic rings. The summed E-state index contributed by atoms with van der Waals surface area (Å²) in [6, 6.07) is 17.9. The van der Waals surface area contributed by atoms with Crippen molar-refractivity contribution in [2.24, 2.45) is 5.73 Å². The third-order valence-corrected chi connectivity index (χ3v) is 5.51. The molecule has 3 rings (SSSR count). The number of guanidine groups is 1. The molecule has 1 saturated heterocycles. The quantitative estimate of drug-likeness (QED) is 0.273. The van der Waals surface area contributed by atoms with Crippen molar-refractivity contribution in [3.05, 3.63) is 59.7 Å². The van der Waals surface area contributed by atoms with E-state index in [0.29, 0.717) is 23.2 Å². The molecule has 8 heteroatoms. The summed E-state index contributed by atoms with van der Waals surface area (Å²) in [4.78, 5) is 2.54. The molecule has 1 fully saturated rings. The van der Waals surface area contributed by atoms with Crippen molar-refractivity contribution < 1.29 is 0 Å². The zero-order chi connectivity index (χ0) is 21.5. The first-order chi connectivity index (χ1) is 14.5. The minimum atomic E-state index is -0.183. The van der Waals surface area contributed by atoms with Crippen LogP contribution in [0.15, 0.2) is 48.5 Å². The van der Waals surface area contributed by atoms with Crippen LogP contribution in [0.3, 0.4) is 0 Å². The lowest BCUT2D eigenvalue weighted by Crippen LogP contribution is -2.54. The lowest BCUT2D eigenvalue weighted by molar-refractivity contribution is 0.172. The van der Waals surface area contributed by atoms with E-state index in [-0.39, 0.29) is 5.96 Å². The number of rotatable bonds is 7. The molecule has 0 aromatic heterocycles. The Morgan fingerprint density at radius 3 is 2.30 bits per heavy atom. The Morgan fingerprint density at radius 1 is 1.13 bits per heavy atom. The van der Waals surface area contributed by atoms with E-state index < -0.39 is 0 Å². The lowest BCUT2D eigenvalue weighted by atomic mass is 9.89. The van der Waals surface area contributed by atoms with Gasteiger partial charge in [0.15, 0.2) is 0 Å². The predicted octanol–water partition coefficient (Wildman–Crippen LogP) is 2.88. The van der Waals surface area contributed by atoms with Crippen LogP contribution in [0.4, 0.5) is 11.4 Å². The van der Waals surface area contributed by atoms with E-state index in [9.17, 15) is 0 Å². The molecule has 1 heterocycles. The highest BCUT2D eigenvalue weighted by atomic mass is 15.8. The molecule has 1 aliphatic rings. The highest BCUT2D eigenvalue weighted by molar-refractivity contribution is 5.91. The molecule has 2 aromatic carbocycles. The molecule has 8 nitrogen and oxygen atoms in total. The Kier molecular flexibility index (Phi) is 7.25. The van der Waals surface area contributed by atoms with Crippen molar-refractivity contribution in [3.8, 4) is 6.07 Å². The third kappa shape index (κ3) is 5.48. The van der Waals surface area contributed by atoms with Gasteiger partial charge in [-0.2, -0.15) is 10.8 Å². The minimum absolute atomic E-state index is 0.183. The van der Waals surface area contributed by atoms with Crippen molar-refractivity contribution in [1.82, 2.24) is 16.0 Å². The molecule has 0 radical (unpaired) electrons. The number of hydrazine groups is 3. The largest absolute Gasteiger partial charge is 0.369 e. The zero-order valence-electron chi connectivity index (χ0n) is 17.5. The van der Waals surface area contributed by atoms with Crippen LogP contribution in [0, 0.1) is 16.7 Å². The molecule has 0 bridgehead atoms. The molecule has 158 valence electrons. The lowest BCUT2D eigenvalue weighted by Gasteiger charge is -2.34. The van der Waals surface area contributed by atoms with Gasteiger partial charge in [-0.25, -0.2) is 5.01 Å². The summed E-state index contributed by atoms with van der Waals surface area (Å²) in [6.45, 7) is 6.83. The molecule has 0 amide bonds. The third-order valence-electron chi connectivity index (χ3n) is 5.51. The maximum absolute atomic E-state index is 8.91. The van der Waals surface area contributed by atoms with Gasteiger partial charge in [-0.3, -0.25) is 5.41 Å². The van der Waals surface area contributed by atoms with Gasteiger partial charge in [-0.1, -0.05) is 12.1 Å². The Morgan fingerprint density at radius 2 is 1.77 bits per heavy atom. The second-order valence-corrected chi connectivity index (χ2v) is 7.77. The summed E-state index contributed by atoms with van der Waals surface area (Å²) in [7, 11) is 0. The summed E-state index contributed by atoms with van der Waals surface area (Å²) in [6.07, 6.45) is 2.39. The van der Waals surface area contributed by atoms with E-state index in [1.165, 1.54) is 23.4 Å². The van der Waals surface area contributed by atoms with Gasteiger partial charge in [-0.05, 0) is 87.7 Å². The average molecular weight is 407 g/mol. The Hall–Kier alpha value is -3.12. The number of piperidine rings is 1. The van der Waals surface area contributed by atoms with Crippen molar-refractivity contribution in [3.63, 3.8) is 0 Å². The van der Waals surface area contributed by atoms with Gasteiger partial charge in [0.25, 0.3) is 0 Å². The molecule has 6 N–H and O–H groups in total. The highest BCUT2D eigenvalue weighted by Crippen LogP contribution is 2.29. The molecule has 1 aliphatic heterocycles. The maximum atomic E-state index is 8.91. The highest BCUT2D eigenvalue weighted by Gasteiger charge is 2.21. The SMILES string of the molecule is CC(C)N1CCC(c2ccc(NNNN(C(=N)N)c3ccc(C#N)cc3)cc2)CC1. The minimum Gasteiger partial charge on any atom is -0.369 e. The number of likely N-dealkylation sites (tertiary alicyclic amines) is 1. The van der Waals surface area contributed by atoms with Crippen LogP contribution >= 0.6 is 0 Å². The molecule has 0 unspecified atom stereocenters. The van der Waals surface area contributed by atoms with Crippen LogP contribution < -0.4 is 27.2 Å². The number of hydrogen-bond acceptors (Lipinski definition) is 6. The first-order valence-corrected chi connectivity index (χ1v) is 10.2. The summed E-state index contributed by atoms with van der Waals surface area (Å²) in [5.74, 6) is 0.432. The van der Waals surface area contributed by atoms with E-state index in [2.05, 4.69) is 53.4 Å². The molecule has 0 atom stereocenters. The standard InChI is InChI=1S/C22H30N8/c1-16(2)29-13-11-19(12-14-29)18-5-7-20(8-6-18)26-27-28-30(22(24)25)21-9-3-17(15-23)4-10-21/h3-10,16,19,26-28H,11-14H2,1-2H3,(H3,24,25). The monoisotopic (exact) mass is 406 g/mol. The van der Waals surface area contributed by atoms with Gasteiger partial charge < -0.3 is 16.1 Å². The maximum Gasteiger partial charge on any atom is 0.209 e. The molecule has 0 aliphatic carbocycles. The van der Waals surface area contributed by atoms with Crippen LogP contribution in [-0.2, 0) is 0 Å². The van der Waals surface area contributed by atoms with Crippen LogP contribution in [0.25, 0.3) is 0 Å². The average Bonchev–Trinajstić information content (AvgIpc) is 2.77. The Labute approximate surface area is 178 Å². The van der Waals surface area contributed by atoms with Gasteiger partial charge in [0.2, 0.25) is 5.96 Å². The summed E-state index contributed by atoms with van der Waals surface area (Å²) >= 11 is 0. The van der Waals surface area contributed by atoms with Crippen molar-refractivity contribution in [2.75, 3.05) is 23.5 Å². The Bertz CT molecular complexity index is 862. The fourth-order valence-corrected chi connectivity index (χ4v) is 3.69. The zero-order valence-corrected chi connectivity index (χ0v) is 17.5. The summed E-state index contributed by atoms with van der Waals surface area (Å²) in [5.41, 5.74) is 17.9. The first-order valence-electron chi connectivity index (χ1n) is 10.2. The fourth-order valence-electron chi connectivity index (χ4n) is 3.69.